The molecule has 0 bridgehead atoms. The number of nitrogens with zero attached hydrogens (tertiary/aromatic N) is 2. The molecule has 4 aromatic rings. The molecule has 1 aliphatic carbocycles. The molecule has 0 amide bonds. The number of rotatable bonds is 11. The molecule has 3 aromatic carbocycles. The first-order valence-electron chi connectivity index (χ1n) is 12.9. The highest BCUT2D eigenvalue weighted by Gasteiger charge is 2.25. The van der Waals surface area contributed by atoms with E-state index in [4.69, 9.17) is 14.8 Å². The van der Waals surface area contributed by atoms with E-state index in [-0.39, 0.29) is 12.3 Å². The van der Waals surface area contributed by atoms with Crippen LogP contribution in [0, 0.1) is 0 Å². The molecule has 0 saturated heterocycles. The molecule has 6 heteroatoms. The maximum Gasteiger partial charge on any atom is 0.303 e. The first-order chi connectivity index (χ1) is 18.1. The minimum Gasteiger partial charge on any atom is -0.489 e. The summed E-state index contributed by atoms with van der Waals surface area (Å²) in [4.78, 5) is 18.4. The van der Waals surface area contributed by atoms with Crippen LogP contribution >= 0.6 is 11.3 Å². The number of carbonyl (C=O) groups is 1. The number of carboxylic acids is 1. The fraction of sp³-hybridized carbons (Fsp3) is 0.290. The van der Waals surface area contributed by atoms with Crippen LogP contribution in [-0.4, -0.2) is 22.6 Å². The molecule has 1 aliphatic rings. The van der Waals surface area contributed by atoms with Gasteiger partial charge in [0, 0.05) is 24.0 Å². The Hall–Kier alpha value is -3.64. The summed E-state index contributed by atoms with van der Waals surface area (Å²) in [6.45, 7) is 4.48. The van der Waals surface area contributed by atoms with Crippen LogP contribution in [0.5, 0.6) is 5.75 Å². The van der Waals surface area contributed by atoms with Crippen molar-refractivity contribution in [2.24, 2.45) is 0 Å². The fourth-order valence-corrected chi connectivity index (χ4v) is 5.85. The number of hydrogen-bond acceptors (Lipinski definition) is 5. The van der Waals surface area contributed by atoms with Crippen LogP contribution in [-0.2, 0) is 24.4 Å². The van der Waals surface area contributed by atoms with Crippen molar-refractivity contribution in [3.05, 3.63) is 100 Å². The molecule has 1 N–H and O–H groups in total. The molecular weight excluding hydrogens is 480 g/mol. The van der Waals surface area contributed by atoms with Gasteiger partial charge < -0.3 is 14.7 Å². The van der Waals surface area contributed by atoms with Crippen molar-refractivity contribution in [3.63, 3.8) is 0 Å². The minimum atomic E-state index is -0.733. The predicted octanol–water partition coefficient (Wildman–Crippen LogP) is 7.31. The zero-order valence-corrected chi connectivity index (χ0v) is 21.9. The van der Waals surface area contributed by atoms with E-state index >= 15 is 0 Å². The van der Waals surface area contributed by atoms with E-state index in [9.17, 15) is 4.79 Å². The van der Waals surface area contributed by atoms with Crippen molar-refractivity contribution in [1.29, 1.82) is 0 Å². The van der Waals surface area contributed by atoms with Gasteiger partial charge in [0.25, 0.3) is 0 Å². The Labute approximate surface area is 222 Å². The van der Waals surface area contributed by atoms with Gasteiger partial charge in [-0.05, 0) is 59.6 Å². The van der Waals surface area contributed by atoms with Crippen LogP contribution < -0.4 is 9.64 Å². The third-order valence-corrected chi connectivity index (χ3v) is 7.77. The van der Waals surface area contributed by atoms with Crippen molar-refractivity contribution in [2.45, 2.75) is 51.7 Å². The van der Waals surface area contributed by atoms with Crippen molar-refractivity contribution < 1.29 is 14.6 Å². The van der Waals surface area contributed by atoms with Crippen molar-refractivity contribution in [1.82, 2.24) is 4.98 Å². The van der Waals surface area contributed by atoms with Gasteiger partial charge in [0.2, 0.25) is 0 Å². The quantitative estimate of drug-likeness (QED) is 0.228. The molecule has 0 spiro atoms. The summed E-state index contributed by atoms with van der Waals surface area (Å²) >= 11 is 1.70. The van der Waals surface area contributed by atoms with Gasteiger partial charge in [0.1, 0.15) is 12.4 Å². The number of anilines is 1. The Balaban J connectivity index is 1.19. The number of benzene rings is 3. The monoisotopic (exact) mass is 512 g/mol. The third kappa shape index (κ3) is 6.20. The summed E-state index contributed by atoms with van der Waals surface area (Å²) in [6, 6.07) is 25.0. The van der Waals surface area contributed by atoms with E-state index in [1.54, 1.807) is 11.3 Å². The Morgan fingerprint density at radius 2 is 1.86 bits per heavy atom. The average molecular weight is 513 g/mol. The van der Waals surface area contributed by atoms with Crippen molar-refractivity contribution >= 4 is 22.4 Å². The molecule has 0 saturated carbocycles. The summed E-state index contributed by atoms with van der Waals surface area (Å²) in [7, 11) is 0. The van der Waals surface area contributed by atoms with Crippen LogP contribution in [0.2, 0.25) is 0 Å². The normalized spacial score (nSPS) is 14.4. The standard InChI is InChI=1S/C31H32N2O3S/c1-2-16-33(31-32-29(21-37-31)24-6-4-3-5-7-24)19-22-8-10-23(11-9-22)20-36-27-14-15-28-25(17-27)12-13-26(28)18-30(34)35/h3-11,14-15,17,21,26H,2,12-13,16,18-20H2,1H3,(H,34,35). The maximum absolute atomic E-state index is 11.1. The van der Waals surface area contributed by atoms with Crippen LogP contribution in [0.15, 0.2) is 78.2 Å². The Morgan fingerprint density at radius 3 is 2.62 bits per heavy atom. The summed E-state index contributed by atoms with van der Waals surface area (Å²) < 4.78 is 6.07. The van der Waals surface area contributed by atoms with Gasteiger partial charge in [-0.25, -0.2) is 4.98 Å². The first-order valence-corrected chi connectivity index (χ1v) is 13.8. The number of carboxylic acid groups (broad SMARTS) is 1. The van der Waals surface area contributed by atoms with Gasteiger partial charge in [-0.3, -0.25) is 4.79 Å². The van der Waals surface area contributed by atoms with E-state index in [2.05, 4.69) is 59.7 Å². The highest BCUT2D eigenvalue weighted by Crippen LogP contribution is 2.37. The highest BCUT2D eigenvalue weighted by atomic mass is 32.1. The number of thiazole rings is 1. The zero-order chi connectivity index (χ0) is 25.6. The molecule has 0 fully saturated rings. The van der Waals surface area contributed by atoms with Gasteiger partial charge >= 0.3 is 5.97 Å². The Morgan fingerprint density at radius 1 is 1.08 bits per heavy atom. The Bertz CT molecular complexity index is 1330. The van der Waals surface area contributed by atoms with Gasteiger partial charge in [-0.1, -0.05) is 67.6 Å². The fourth-order valence-electron chi connectivity index (χ4n) is 4.99. The summed E-state index contributed by atoms with van der Waals surface area (Å²) in [5.74, 6) is 0.226. The molecular formula is C31H32N2O3S. The lowest BCUT2D eigenvalue weighted by Crippen LogP contribution is -2.23. The average Bonchev–Trinajstić information content (AvgIpc) is 3.56. The molecule has 37 heavy (non-hydrogen) atoms. The lowest BCUT2D eigenvalue weighted by atomic mass is 9.98. The van der Waals surface area contributed by atoms with E-state index in [0.717, 1.165) is 65.6 Å². The van der Waals surface area contributed by atoms with E-state index in [1.165, 1.54) is 11.1 Å². The second kappa shape index (κ2) is 11.6. The number of fused-ring (bicyclic) bond motifs is 1. The molecule has 1 unspecified atom stereocenters. The SMILES string of the molecule is CCCN(Cc1ccc(COc2ccc3c(c2)CCC3CC(=O)O)cc1)c1nc(-c2ccccc2)cs1. The lowest BCUT2D eigenvalue weighted by Gasteiger charge is -2.21. The van der Waals surface area contributed by atoms with Crippen LogP contribution in [0.1, 0.15) is 54.4 Å². The highest BCUT2D eigenvalue weighted by molar-refractivity contribution is 7.14. The van der Waals surface area contributed by atoms with Gasteiger partial charge in [-0.2, -0.15) is 0 Å². The Kier molecular flexibility index (Phi) is 7.85. The number of ether oxygens (including phenoxy) is 1. The largest absolute Gasteiger partial charge is 0.489 e. The molecule has 1 heterocycles. The smallest absolute Gasteiger partial charge is 0.303 e. The summed E-state index contributed by atoms with van der Waals surface area (Å²) in [5.41, 5.74) is 6.92. The number of aryl methyl sites for hydroxylation is 1. The van der Waals surface area contributed by atoms with Gasteiger partial charge in [-0.15, -0.1) is 11.3 Å². The summed E-state index contributed by atoms with van der Waals surface area (Å²) in [5, 5.41) is 12.3. The summed E-state index contributed by atoms with van der Waals surface area (Å²) in [6.07, 6.45) is 3.07. The third-order valence-electron chi connectivity index (χ3n) is 6.86. The molecule has 1 aromatic heterocycles. The van der Waals surface area contributed by atoms with E-state index in [1.807, 2.05) is 30.3 Å². The predicted molar refractivity (Wildman–Crippen MR) is 149 cm³/mol. The molecule has 1 atom stereocenters. The lowest BCUT2D eigenvalue weighted by molar-refractivity contribution is -0.137. The van der Waals surface area contributed by atoms with Gasteiger partial charge in [0.15, 0.2) is 5.13 Å². The van der Waals surface area contributed by atoms with E-state index < -0.39 is 5.97 Å². The van der Waals surface area contributed by atoms with Crippen LogP contribution in [0.3, 0.4) is 0 Å². The number of aromatic nitrogens is 1. The topological polar surface area (TPSA) is 62.7 Å². The first kappa shape index (κ1) is 25.0. The van der Waals surface area contributed by atoms with Gasteiger partial charge in [0.05, 0.1) is 12.1 Å². The van der Waals surface area contributed by atoms with Crippen LogP contribution in [0.25, 0.3) is 11.3 Å². The van der Waals surface area contributed by atoms with Crippen LogP contribution in [0.4, 0.5) is 5.13 Å². The maximum atomic E-state index is 11.1. The minimum absolute atomic E-state index is 0.121. The molecule has 5 rings (SSSR count). The zero-order valence-electron chi connectivity index (χ0n) is 21.1. The molecule has 5 nitrogen and oxygen atoms in total. The molecule has 0 aliphatic heterocycles. The molecule has 190 valence electrons. The molecule has 0 radical (unpaired) electrons. The number of aliphatic carboxylic acids is 1. The second-order valence-electron chi connectivity index (χ2n) is 9.60. The number of hydrogen-bond donors (Lipinski definition) is 1. The second-order valence-corrected chi connectivity index (χ2v) is 10.4. The van der Waals surface area contributed by atoms with Crippen molar-refractivity contribution in [3.8, 4) is 17.0 Å². The van der Waals surface area contributed by atoms with Crippen molar-refractivity contribution in [2.75, 3.05) is 11.4 Å². The van der Waals surface area contributed by atoms with E-state index in [0.29, 0.717) is 6.61 Å².